The summed E-state index contributed by atoms with van der Waals surface area (Å²) in [6.07, 6.45) is 7.34. The Morgan fingerprint density at radius 1 is 1.04 bits per heavy atom. The minimum atomic E-state index is -0.249. The van der Waals surface area contributed by atoms with Gasteiger partial charge in [0.1, 0.15) is 17.2 Å². The Morgan fingerprint density at radius 2 is 1.79 bits per heavy atom. The molecule has 2 aromatic carbocycles. The van der Waals surface area contributed by atoms with Gasteiger partial charge in [0.2, 0.25) is 0 Å². The molecular weight excluding hydrogens is 376 g/mol. The van der Waals surface area contributed by atoms with E-state index in [1.54, 1.807) is 6.07 Å². The Bertz CT molecular complexity index is 784. The second-order valence-electron chi connectivity index (χ2n) is 7.22. The SMILES string of the molecule is COC(=O)CCc1ccc(Oc2cccc(OCC3CCCCC3)c2)cc1Cl. The summed E-state index contributed by atoms with van der Waals surface area (Å²) < 4.78 is 16.6. The maximum absolute atomic E-state index is 11.3. The molecule has 0 bridgehead atoms. The highest BCUT2D eigenvalue weighted by Crippen LogP contribution is 2.30. The molecular formula is C23H27ClO4. The lowest BCUT2D eigenvalue weighted by atomic mass is 9.90. The van der Waals surface area contributed by atoms with E-state index in [1.807, 2.05) is 36.4 Å². The average Bonchev–Trinajstić information content (AvgIpc) is 2.72. The van der Waals surface area contributed by atoms with Crippen molar-refractivity contribution in [3.63, 3.8) is 0 Å². The van der Waals surface area contributed by atoms with E-state index in [1.165, 1.54) is 39.2 Å². The lowest BCUT2D eigenvalue weighted by molar-refractivity contribution is -0.140. The van der Waals surface area contributed by atoms with Gasteiger partial charge in [-0.15, -0.1) is 0 Å². The van der Waals surface area contributed by atoms with Crippen LogP contribution in [-0.4, -0.2) is 19.7 Å². The molecule has 0 atom stereocenters. The normalized spacial score (nSPS) is 14.5. The number of hydrogen-bond acceptors (Lipinski definition) is 4. The molecule has 1 fully saturated rings. The topological polar surface area (TPSA) is 44.8 Å². The summed E-state index contributed by atoms with van der Waals surface area (Å²) in [6, 6.07) is 13.2. The van der Waals surface area contributed by atoms with E-state index >= 15 is 0 Å². The molecule has 0 saturated heterocycles. The number of rotatable bonds is 8. The van der Waals surface area contributed by atoms with Gasteiger partial charge < -0.3 is 14.2 Å². The van der Waals surface area contributed by atoms with Crippen LogP contribution in [-0.2, 0) is 16.0 Å². The van der Waals surface area contributed by atoms with Crippen LogP contribution in [0.2, 0.25) is 5.02 Å². The first-order valence-electron chi connectivity index (χ1n) is 9.90. The summed E-state index contributed by atoms with van der Waals surface area (Å²) in [7, 11) is 1.38. The summed E-state index contributed by atoms with van der Waals surface area (Å²) >= 11 is 6.33. The third-order valence-corrected chi connectivity index (χ3v) is 5.45. The molecule has 1 aliphatic carbocycles. The van der Waals surface area contributed by atoms with Crippen LogP contribution in [0, 0.1) is 5.92 Å². The van der Waals surface area contributed by atoms with Gasteiger partial charge in [0.05, 0.1) is 13.7 Å². The molecule has 28 heavy (non-hydrogen) atoms. The minimum absolute atomic E-state index is 0.249. The lowest BCUT2D eigenvalue weighted by Gasteiger charge is -2.21. The van der Waals surface area contributed by atoms with E-state index < -0.39 is 0 Å². The van der Waals surface area contributed by atoms with Crippen LogP contribution >= 0.6 is 11.6 Å². The van der Waals surface area contributed by atoms with Crippen molar-refractivity contribution in [2.24, 2.45) is 5.92 Å². The fourth-order valence-corrected chi connectivity index (χ4v) is 3.73. The van der Waals surface area contributed by atoms with Crippen molar-refractivity contribution in [2.75, 3.05) is 13.7 Å². The summed E-state index contributed by atoms with van der Waals surface area (Å²) in [4.78, 5) is 11.3. The molecule has 1 aliphatic rings. The second kappa shape index (κ2) is 10.4. The van der Waals surface area contributed by atoms with E-state index in [0.717, 1.165) is 17.9 Å². The summed E-state index contributed by atoms with van der Waals surface area (Å²) in [5.41, 5.74) is 0.893. The molecule has 150 valence electrons. The number of carbonyl (C=O) groups excluding carboxylic acids is 1. The predicted molar refractivity (Wildman–Crippen MR) is 110 cm³/mol. The smallest absolute Gasteiger partial charge is 0.305 e. The van der Waals surface area contributed by atoms with E-state index in [9.17, 15) is 4.79 Å². The Balaban J connectivity index is 1.57. The summed E-state index contributed by atoms with van der Waals surface area (Å²) in [6.45, 7) is 0.768. The molecule has 0 radical (unpaired) electrons. The highest BCUT2D eigenvalue weighted by molar-refractivity contribution is 6.31. The van der Waals surface area contributed by atoms with Crippen molar-refractivity contribution in [3.05, 3.63) is 53.1 Å². The Hall–Kier alpha value is -2.20. The number of ether oxygens (including phenoxy) is 3. The van der Waals surface area contributed by atoms with Crippen molar-refractivity contribution in [3.8, 4) is 17.2 Å². The Labute approximate surface area is 171 Å². The molecule has 0 heterocycles. The summed E-state index contributed by atoms with van der Waals surface area (Å²) in [5, 5.41) is 0.575. The van der Waals surface area contributed by atoms with Crippen molar-refractivity contribution >= 4 is 17.6 Å². The number of esters is 1. The van der Waals surface area contributed by atoms with Crippen molar-refractivity contribution in [1.29, 1.82) is 0 Å². The molecule has 0 amide bonds. The summed E-state index contributed by atoms with van der Waals surface area (Å²) in [5.74, 6) is 2.59. The van der Waals surface area contributed by atoms with E-state index in [0.29, 0.717) is 35.3 Å². The monoisotopic (exact) mass is 402 g/mol. The standard InChI is InChI=1S/C23H27ClO4/c1-26-23(25)13-11-18-10-12-21(15-22(18)24)28-20-9-5-8-19(14-20)27-16-17-6-3-2-4-7-17/h5,8-10,12,14-15,17H,2-4,6-7,11,13,16H2,1H3. The van der Waals surface area contributed by atoms with Gasteiger partial charge in [0, 0.05) is 17.5 Å². The first-order chi connectivity index (χ1) is 13.6. The van der Waals surface area contributed by atoms with Gasteiger partial charge in [-0.25, -0.2) is 0 Å². The Kier molecular flexibility index (Phi) is 7.61. The average molecular weight is 403 g/mol. The maximum Gasteiger partial charge on any atom is 0.305 e. The molecule has 0 aliphatic heterocycles. The van der Waals surface area contributed by atoms with Gasteiger partial charge in [-0.3, -0.25) is 4.79 Å². The van der Waals surface area contributed by atoms with Crippen LogP contribution in [0.15, 0.2) is 42.5 Å². The van der Waals surface area contributed by atoms with Crippen LogP contribution in [0.4, 0.5) is 0 Å². The molecule has 0 aromatic heterocycles. The van der Waals surface area contributed by atoms with Crippen LogP contribution in [0.1, 0.15) is 44.1 Å². The lowest BCUT2D eigenvalue weighted by Crippen LogP contribution is -2.15. The van der Waals surface area contributed by atoms with Gasteiger partial charge in [-0.1, -0.05) is 43.0 Å². The molecule has 0 spiro atoms. The number of benzene rings is 2. The Morgan fingerprint density at radius 3 is 2.54 bits per heavy atom. The molecule has 5 heteroatoms. The number of hydrogen-bond donors (Lipinski definition) is 0. The van der Waals surface area contributed by atoms with E-state index in [4.69, 9.17) is 21.1 Å². The number of aryl methyl sites for hydroxylation is 1. The minimum Gasteiger partial charge on any atom is -0.493 e. The quantitative estimate of drug-likeness (QED) is 0.493. The third-order valence-electron chi connectivity index (χ3n) is 5.10. The van der Waals surface area contributed by atoms with Gasteiger partial charge in [-0.2, -0.15) is 0 Å². The molecule has 0 unspecified atom stereocenters. The van der Waals surface area contributed by atoms with Crippen LogP contribution in [0.5, 0.6) is 17.2 Å². The highest BCUT2D eigenvalue weighted by atomic mass is 35.5. The number of halogens is 1. The van der Waals surface area contributed by atoms with Gasteiger partial charge in [-0.05, 0) is 55.0 Å². The van der Waals surface area contributed by atoms with Crippen LogP contribution in [0.25, 0.3) is 0 Å². The zero-order chi connectivity index (χ0) is 19.8. The van der Waals surface area contributed by atoms with Crippen molar-refractivity contribution in [1.82, 2.24) is 0 Å². The van der Waals surface area contributed by atoms with E-state index in [-0.39, 0.29) is 5.97 Å². The largest absolute Gasteiger partial charge is 0.493 e. The molecule has 3 rings (SSSR count). The van der Waals surface area contributed by atoms with Gasteiger partial charge in [0.25, 0.3) is 0 Å². The molecule has 4 nitrogen and oxygen atoms in total. The van der Waals surface area contributed by atoms with Crippen LogP contribution in [0.3, 0.4) is 0 Å². The highest BCUT2D eigenvalue weighted by Gasteiger charge is 2.14. The number of carbonyl (C=O) groups is 1. The number of methoxy groups -OCH3 is 1. The predicted octanol–water partition coefficient (Wildman–Crippen LogP) is 6.20. The first kappa shape index (κ1) is 20.5. The zero-order valence-corrected chi connectivity index (χ0v) is 17.0. The van der Waals surface area contributed by atoms with Crippen molar-refractivity contribution in [2.45, 2.75) is 44.9 Å². The van der Waals surface area contributed by atoms with Crippen LogP contribution < -0.4 is 9.47 Å². The molecule has 0 N–H and O–H groups in total. The fourth-order valence-electron chi connectivity index (χ4n) is 3.46. The molecule has 2 aromatic rings. The molecule has 1 saturated carbocycles. The van der Waals surface area contributed by atoms with Crippen molar-refractivity contribution < 1.29 is 19.0 Å². The maximum atomic E-state index is 11.3. The third kappa shape index (κ3) is 6.16. The second-order valence-corrected chi connectivity index (χ2v) is 7.63. The first-order valence-corrected chi connectivity index (χ1v) is 10.3. The van der Waals surface area contributed by atoms with E-state index in [2.05, 4.69) is 4.74 Å². The van der Waals surface area contributed by atoms with Gasteiger partial charge in [0.15, 0.2) is 0 Å². The van der Waals surface area contributed by atoms with Gasteiger partial charge >= 0.3 is 5.97 Å². The fraction of sp³-hybridized carbons (Fsp3) is 0.435. The zero-order valence-electron chi connectivity index (χ0n) is 16.3.